The summed E-state index contributed by atoms with van der Waals surface area (Å²) in [5.74, 6) is -0.402. The minimum atomic E-state index is -2.96. The van der Waals surface area contributed by atoms with Gasteiger partial charge in [-0.05, 0) is 13.3 Å². The Bertz CT molecular complexity index is 345. The van der Waals surface area contributed by atoms with E-state index < -0.39 is 9.84 Å². The van der Waals surface area contributed by atoms with Gasteiger partial charge in [-0.1, -0.05) is 12.2 Å². The van der Waals surface area contributed by atoms with E-state index in [4.69, 9.17) is 0 Å². The normalized spacial score (nSPS) is 24.5. The van der Waals surface area contributed by atoms with Crippen LogP contribution in [0.4, 0.5) is 0 Å². The van der Waals surface area contributed by atoms with Gasteiger partial charge < -0.3 is 5.32 Å². The van der Waals surface area contributed by atoms with Gasteiger partial charge in [-0.3, -0.25) is 4.79 Å². The molecule has 0 spiro atoms. The van der Waals surface area contributed by atoms with Crippen LogP contribution >= 0.6 is 0 Å². The number of carbonyl (C=O) groups excluding carboxylic acids is 1. The van der Waals surface area contributed by atoms with Crippen molar-refractivity contribution in [2.24, 2.45) is 5.92 Å². The Morgan fingerprint density at radius 3 is 2.64 bits per heavy atom. The van der Waals surface area contributed by atoms with Gasteiger partial charge in [-0.25, -0.2) is 8.42 Å². The molecule has 0 aromatic rings. The fraction of sp³-hybridized carbons (Fsp3) is 0.667. The molecule has 1 aliphatic heterocycles. The minimum Gasteiger partial charge on any atom is -0.352 e. The van der Waals surface area contributed by atoms with Gasteiger partial charge in [0.25, 0.3) is 0 Å². The van der Waals surface area contributed by atoms with Crippen LogP contribution in [0.3, 0.4) is 0 Å². The van der Waals surface area contributed by atoms with Crippen LogP contribution in [-0.4, -0.2) is 32.4 Å². The molecule has 1 saturated heterocycles. The van der Waals surface area contributed by atoms with Crippen LogP contribution < -0.4 is 5.32 Å². The molecule has 0 radical (unpaired) electrons. The molecule has 0 saturated carbocycles. The van der Waals surface area contributed by atoms with E-state index in [0.29, 0.717) is 13.0 Å². The third-order valence-corrected chi connectivity index (χ3v) is 3.94. The lowest BCUT2D eigenvalue weighted by molar-refractivity contribution is -0.124. The highest BCUT2D eigenvalue weighted by Gasteiger charge is 2.32. The summed E-state index contributed by atoms with van der Waals surface area (Å²) in [6.07, 6.45) is 0.449. The number of hydrogen-bond donors (Lipinski definition) is 1. The summed E-state index contributed by atoms with van der Waals surface area (Å²) in [5.41, 5.74) is 0.860. The predicted molar refractivity (Wildman–Crippen MR) is 54.6 cm³/mol. The second-order valence-electron chi connectivity index (χ2n) is 3.77. The van der Waals surface area contributed by atoms with E-state index >= 15 is 0 Å². The molecule has 0 bridgehead atoms. The van der Waals surface area contributed by atoms with Gasteiger partial charge in [0.15, 0.2) is 9.84 Å². The average Bonchev–Trinajstić information content (AvgIpc) is 2.41. The molecule has 1 fully saturated rings. The zero-order valence-corrected chi connectivity index (χ0v) is 9.06. The number of hydrogen-bond acceptors (Lipinski definition) is 3. The van der Waals surface area contributed by atoms with Crippen molar-refractivity contribution in [2.75, 3.05) is 18.1 Å². The molecular weight excluding hydrogens is 202 g/mol. The summed E-state index contributed by atoms with van der Waals surface area (Å²) < 4.78 is 22.2. The molecule has 1 unspecified atom stereocenters. The van der Waals surface area contributed by atoms with Crippen molar-refractivity contribution in [1.82, 2.24) is 5.32 Å². The van der Waals surface area contributed by atoms with E-state index in [-0.39, 0.29) is 23.3 Å². The molecule has 1 amide bonds. The Labute approximate surface area is 84.3 Å². The monoisotopic (exact) mass is 217 g/mol. The lowest BCUT2D eigenvalue weighted by atomic mass is 10.1. The quantitative estimate of drug-likeness (QED) is 0.683. The maximum absolute atomic E-state index is 11.4. The summed E-state index contributed by atoms with van der Waals surface area (Å²) in [6, 6.07) is 0. The van der Waals surface area contributed by atoms with Crippen LogP contribution in [0.15, 0.2) is 12.2 Å². The maximum atomic E-state index is 11.4. The summed E-state index contributed by atoms with van der Waals surface area (Å²) in [4.78, 5) is 11.4. The highest BCUT2D eigenvalue weighted by Crippen LogP contribution is 2.18. The lowest BCUT2D eigenvalue weighted by Crippen LogP contribution is -2.32. The molecule has 1 atom stereocenters. The van der Waals surface area contributed by atoms with Crippen molar-refractivity contribution in [3.05, 3.63) is 12.2 Å². The number of nitrogens with one attached hydrogen (secondary N) is 1. The molecule has 1 heterocycles. The number of carbonyl (C=O) groups is 1. The SMILES string of the molecule is C=C(C)CNC(=O)C1CCS(=O)(=O)C1. The van der Waals surface area contributed by atoms with Gasteiger partial charge in [0, 0.05) is 6.54 Å². The molecule has 5 heteroatoms. The Hall–Kier alpha value is -0.840. The van der Waals surface area contributed by atoms with E-state index in [1.54, 1.807) is 0 Å². The summed E-state index contributed by atoms with van der Waals surface area (Å²) in [7, 11) is -2.96. The van der Waals surface area contributed by atoms with Gasteiger partial charge in [0.1, 0.15) is 0 Å². The first-order chi connectivity index (χ1) is 6.41. The summed E-state index contributed by atoms with van der Waals surface area (Å²) in [6.45, 7) is 5.89. The summed E-state index contributed by atoms with van der Waals surface area (Å²) >= 11 is 0. The Balaban J connectivity index is 2.44. The van der Waals surface area contributed by atoms with Crippen LogP contribution in [0.5, 0.6) is 0 Å². The minimum absolute atomic E-state index is 0.00494. The van der Waals surface area contributed by atoms with E-state index in [2.05, 4.69) is 11.9 Å². The average molecular weight is 217 g/mol. The van der Waals surface area contributed by atoms with Gasteiger partial charge in [-0.15, -0.1) is 0 Å². The van der Waals surface area contributed by atoms with Gasteiger partial charge in [-0.2, -0.15) is 0 Å². The van der Waals surface area contributed by atoms with Gasteiger partial charge in [0.05, 0.1) is 17.4 Å². The van der Waals surface area contributed by atoms with Crippen LogP contribution in [0.1, 0.15) is 13.3 Å². The van der Waals surface area contributed by atoms with Crippen molar-refractivity contribution in [1.29, 1.82) is 0 Å². The van der Waals surface area contributed by atoms with E-state index in [1.165, 1.54) is 0 Å². The molecular formula is C9H15NO3S. The summed E-state index contributed by atoms with van der Waals surface area (Å²) in [5, 5.41) is 2.66. The zero-order valence-electron chi connectivity index (χ0n) is 8.25. The van der Waals surface area contributed by atoms with Crippen LogP contribution in [-0.2, 0) is 14.6 Å². The van der Waals surface area contributed by atoms with Crippen molar-refractivity contribution in [2.45, 2.75) is 13.3 Å². The molecule has 14 heavy (non-hydrogen) atoms. The second kappa shape index (κ2) is 4.13. The fourth-order valence-electron chi connectivity index (χ4n) is 1.38. The standard InChI is InChI=1S/C9H15NO3S/c1-7(2)5-10-9(11)8-3-4-14(12,13)6-8/h8H,1,3-6H2,2H3,(H,10,11). The first-order valence-electron chi connectivity index (χ1n) is 4.53. The van der Waals surface area contributed by atoms with Gasteiger partial charge in [0.2, 0.25) is 5.91 Å². The first kappa shape index (κ1) is 11.2. The Kier molecular flexibility index (Phi) is 3.31. The van der Waals surface area contributed by atoms with Crippen LogP contribution in [0, 0.1) is 5.92 Å². The van der Waals surface area contributed by atoms with E-state index in [9.17, 15) is 13.2 Å². The fourth-order valence-corrected chi connectivity index (χ4v) is 3.13. The van der Waals surface area contributed by atoms with E-state index in [0.717, 1.165) is 5.57 Å². The topological polar surface area (TPSA) is 63.2 Å². The number of rotatable bonds is 3. The van der Waals surface area contributed by atoms with Crippen LogP contribution in [0.25, 0.3) is 0 Å². The van der Waals surface area contributed by atoms with Crippen molar-refractivity contribution < 1.29 is 13.2 Å². The van der Waals surface area contributed by atoms with Gasteiger partial charge >= 0.3 is 0 Å². The van der Waals surface area contributed by atoms with Crippen molar-refractivity contribution in [3.8, 4) is 0 Å². The highest BCUT2D eigenvalue weighted by atomic mass is 32.2. The Morgan fingerprint density at radius 2 is 2.21 bits per heavy atom. The smallest absolute Gasteiger partial charge is 0.224 e. The third kappa shape index (κ3) is 3.14. The number of amides is 1. The van der Waals surface area contributed by atoms with E-state index in [1.807, 2.05) is 6.92 Å². The highest BCUT2D eigenvalue weighted by molar-refractivity contribution is 7.91. The third-order valence-electron chi connectivity index (χ3n) is 2.17. The molecule has 1 aliphatic rings. The largest absolute Gasteiger partial charge is 0.352 e. The molecule has 0 aromatic heterocycles. The first-order valence-corrected chi connectivity index (χ1v) is 6.35. The molecule has 1 rings (SSSR count). The van der Waals surface area contributed by atoms with Crippen LogP contribution in [0.2, 0.25) is 0 Å². The molecule has 0 aromatic carbocycles. The predicted octanol–water partition coefficient (Wildman–Crippen LogP) is 0.113. The number of sulfone groups is 1. The van der Waals surface area contributed by atoms with Crippen molar-refractivity contribution >= 4 is 15.7 Å². The Morgan fingerprint density at radius 1 is 1.57 bits per heavy atom. The maximum Gasteiger partial charge on any atom is 0.224 e. The second-order valence-corrected chi connectivity index (χ2v) is 6.00. The zero-order chi connectivity index (χ0) is 10.8. The lowest BCUT2D eigenvalue weighted by Gasteiger charge is -2.08. The molecule has 0 aliphatic carbocycles. The molecule has 4 nitrogen and oxygen atoms in total. The molecule has 80 valence electrons. The van der Waals surface area contributed by atoms with Crippen molar-refractivity contribution in [3.63, 3.8) is 0 Å². The molecule has 1 N–H and O–H groups in total.